The number of aliphatic hydroxyl groups excluding tert-OH is 1. The predicted octanol–water partition coefficient (Wildman–Crippen LogP) is 0.114. The van der Waals surface area contributed by atoms with Gasteiger partial charge in [-0.3, -0.25) is 4.79 Å². The molecule has 1 unspecified atom stereocenters. The monoisotopic (exact) mass is 322 g/mol. The first-order valence-electron chi connectivity index (χ1n) is 7.24. The fourth-order valence-corrected chi connectivity index (χ4v) is 3.55. The number of ether oxygens (including phenoxy) is 1. The Labute approximate surface area is 126 Å². The number of carbonyl (C=O) groups excluding carboxylic acids is 1. The molecule has 0 radical (unpaired) electrons. The van der Waals surface area contributed by atoms with Crippen LogP contribution in [0.2, 0.25) is 0 Å². The standard InChI is InChI=1S/C13H26N2O5S/c1-4-20-12(17)11-6-5-7-15(8-11)21(18,19)14-9-13(2,3)10-16/h11,14,16H,4-10H2,1-3H3. The van der Waals surface area contributed by atoms with Crippen molar-refractivity contribution < 1.29 is 23.1 Å². The lowest BCUT2D eigenvalue weighted by molar-refractivity contribution is -0.149. The van der Waals surface area contributed by atoms with Crippen LogP contribution in [0.15, 0.2) is 0 Å². The second-order valence-corrected chi connectivity index (χ2v) is 7.85. The topological polar surface area (TPSA) is 95.9 Å². The minimum Gasteiger partial charge on any atom is -0.466 e. The van der Waals surface area contributed by atoms with Gasteiger partial charge in [0.05, 0.1) is 12.5 Å². The summed E-state index contributed by atoms with van der Waals surface area (Å²) in [7, 11) is -3.64. The molecule has 0 aromatic carbocycles. The van der Waals surface area contributed by atoms with Crippen LogP contribution < -0.4 is 4.72 Å². The van der Waals surface area contributed by atoms with E-state index in [4.69, 9.17) is 9.84 Å². The number of hydrogen-bond donors (Lipinski definition) is 2. The quantitative estimate of drug-likeness (QED) is 0.649. The van der Waals surface area contributed by atoms with Gasteiger partial charge in [-0.1, -0.05) is 13.8 Å². The molecule has 0 spiro atoms. The number of hydrogen-bond acceptors (Lipinski definition) is 5. The number of esters is 1. The zero-order chi connectivity index (χ0) is 16.1. The van der Waals surface area contributed by atoms with Gasteiger partial charge in [0.1, 0.15) is 0 Å². The van der Waals surface area contributed by atoms with Crippen molar-refractivity contribution in [1.82, 2.24) is 9.03 Å². The van der Waals surface area contributed by atoms with Gasteiger partial charge in [-0.2, -0.15) is 12.7 Å². The number of nitrogens with one attached hydrogen (secondary N) is 1. The summed E-state index contributed by atoms with van der Waals surface area (Å²) in [5.41, 5.74) is -0.524. The smallest absolute Gasteiger partial charge is 0.310 e. The van der Waals surface area contributed by atoms with E-state index in [0.29, 0.717) is 26.0 Å². The summed E-state index contributed by atoms with van der Waals surface area (Å²) >= 11 is 0. The molecular weight excluding hydrogens is 296 g/mol. The molecule has 1 rings (SSSR count). The Morgan fingerprint density at radius 3 is 2.71 bits per heavy atom. The van der Waals surface area contributed by atoms with Gasteiger partial charge in [0.25, 0.3) is 10.2 Å². The highest BCUT2D eigenvalue weighted by molar-refractivity contribution is 7.87. The van der Waals surface area contributed by atoms with Crippen molar-refractivity contribution in [3.05, 3.63) is 0 Å². The van der Waals surface area contributed by atoms with Gasteiger partial charge >= 0.3 is 5.97 Å². The third-order valence-corrected chi connectivity index (χ3v) is 5.03. The van der Waals surface area contributed by atoms with Crippen LogP contribution in [0.25, 0.3) is 0 Å². The van der Waals surface area contributed by atoms with Crippen molar-refractivity contribution >= 4 is 16.2 Å². The molecule has 1 heterocycles. The first kappa shape index (κ1) is 18.3. The molecule has 0 bridgehead atoms. The highest BCUT2D eigenvalue weighted by atomic mass is 32.2. The summed E-state index contributed by atoms with van der Waals surface area (Å²) in [6, 6.07) is 0. The molecule has 0 aromatic rings. The first-order chi connectivity index (χ1) is 9.72. The first-order valence-corrected chi connectivity index (χ1v) is 8.68. The van der Waals surface area contributed by atoms with E-state index >= 15 is 0 Å². The van der Waals surface area contributed by atoms with E-state index in [9.17, 15) is 13.2 Å². The molecule has 8 heteroatoms. The van der Waals surface area contributed by atoms with E-state index < -0.39 is 21.5 Å². The summed E-state index contributed by atoms with van der Waals surface area (Å²) in [5.74, 6) is -0.741. The largest absolute Gasteiger partial charge is 0.466 e. The van der Waals surface area contributed by atoms with Crippen molar-refractivity contribution in [1.29, 1.82) is 0 Å². The third kappa shape index (κ3) is 5.54. The Balaban J connectivity index is 2.64. The SMILES string of the molecule is CCOC(=O)C1CCCN(S(=O)(=O)NCC(C)(C)CO)C1. The lowest BCUT2D eigenvalue weighted by Gasteiger charge is -2.32. The van der Waals surface area contributed by atoms with Crippen LogP contribution in [0.4, 0.5) is 0 Å². The molecule has 21 heavy (non-hydrogen) atoms. The number of rotatable bonds is 7. The normalized spacial score (nSPS) is 21.2. The minimum atomic E-state index is -3.64. The van der Waals surface area contributed by atoms with Gasteiger partial charge < -0.3 is 9.84 Å². The molecule has 124 valence electrons. The van der Waals surface area contributed by atoms with E-state index in [2.05, 4.69) is 4.72 Å². The van der Waals surface area contributed by atoms with E-state index in [0.717, 1.165) is 0 Å². The third-order valence-electron chi connectivity index (χ3n) is 3.51. The molecule has 1 saturated heterocycles. The van der Waals surface area contributed by atoms with Crippen LogP contribution in [0.1, 0.15) is 33.6 Å². The average molecular weight is 322 g/mol. The van der Waals surface area contributed by atoms with Crippen LogP contribution in [0.3, 0.4) is 0 Å². The van der Waals surface area contributed by atoms with Crippen LogP contribution >= 0.6 is 0 Å². The summed E-state index contributed by atoms with van der Waals surface area (Å²) in [4.78, 5) is 11.7. The number of nitrogens with zero attached hydrogens (tertiary/aromatic N) is 1. The zero-order valence-electron chi connectivity index (χ0n) is 13.0. The molecule has 0 aliphatic carbocycles. The average Bonchev–Trinajstić information content (AvgIpc) is 2.46. The highest BCUT2D eigenvalue weighted by Gasteiger charge is 2.33. The van der Waals surface area contributed by atoms with E-state index in [1.54, 1.807) is 20.8 Å². The van der Waals surface area contributed by atoms with Gasteiger partial charge in [-0.15, -0.1) is 0 Å². The fraction of sp³-hybridized carbons (Fsp3) is 0.923. The van der Waals surface area contributed by atoms with E-state index in [1.807, 2.05) is 0 Å². The summed E-state index contributed by atoms with van der Waals surface area (Å²) in [6.07, 6.45) is 1.28. The van der Waals surface area contributed by atoms with Gasteiger partial charge in [0.15, 0.2) is 0 Å². The maximum Gasteiger partial charge on any atom is 0.310 e. The van der Waals surface area contributed by atoms with Crippen molar-refractivity contribution in [3.63, 3.8) is 0 Å². The number of piperidine rings is 1. The molecule has 1 fully saturated rings. The molecular formula is C13H26N2O5S. The van der Waals surface area contributed by atoms with E-state index in [1.165, 1.54) is 4.31 Å². The fourth-order valence-electron chi connectivity index (χ4n) is 2.05. The van der Waals surface area contributed by atoms with Crippen molar-refractivity contribution in [3.8, 4) is 0 Å². The molecule has 1 aliphatic rings. The van der Waals surface area contributed by atoms with Gasteiger partial charge in [0.2, 0.25) is 0 Å². The van der Waals surface area contributed by atoms with Crippen LogP contribution in [-0.2, 0) is 19.7 Å². The molecule has 0 saturated carbocycles. The maximum absolute atomic E-state index is 12.3. The Kier molecular flexibility index (Phi) is 6.58. The summed E-state index contributed by atoms with van der Waals surface area (Å²) in [6.45, 7) is 6.14. The van der Waals surface area contributed by atoms with Crippen molar-refractivity contribution in [2.24, 2.45) is 11.3 Å². The highest BCUT2D eigenvalue weighted by Crippen LogP contribution is 2.20. The van der Waals surface area contributed by atoms with Crippen LogP contribution in [-0.4, -0.2) is 56.6 Å². The predicted molar refractivity (Wildman–Crippen MR) is 78.7 cm³/mol. The number of carbonyl (C=O) groups is 1. The second-order valence-electron chi connectivity index (χ2n) is 6.10. The molecule has 0 aromatic heterocycles. The Bertz CT molecular complexity index is 449. The summed E-state index contributed by atoms with van der Waals surface area (Å²) in [5, 5.41) is 9.17. The van der Waals surface area contributed by atoms with Crippen molar-refractivity contribution in [2.45, 2.75) is 33.6 Å². The second kappa shape index (κ2) is 7.53. The summed E-state index contributed by atoms with van der Waals surface area (Å²) < 4.78 is 33.3. The Morgan fingerprint density at radius 2 is 2.14 bits per heavy atom. The van der Waals surface area contributed by atoms with Crippen LogP contribution in [0.5, 0.6) is 0 Å². The van der Waals surface area contributed by atoms with Gasteiger partial charge in [-0.25, -0.2) is 4.72 Å². The molecule has 1 atom stereocenters. The zero-order valence-corrected chi connectivity index (χ0v) is 13.8. The van der Waals surface area contributed by atoms with Gasteiger partial charge in [0, 0.05) is 31.7 Å². The van der Waals surface area contributed by atoms with E-state index in [-0.39, 0.29) is 25.7 Å². The molecule has 0 amide bonds. The molecule has 2 N–H and O–H groups in total. The lowest BCUT2D eigenvalue weighted by Crippen LogP contribution is -2.49. The molecule has 1 aliphatic heterocycles. The number of aliphatic hydroxyl groups is 1. The maximum atomic E-state index is 12.3. The van der Waals surface area contributed by atoms with Gasteiger partial charge in [-0.05, 0) is 19.8 Å². The van der Waals surface area contributed by atoms with Crippen LogP contribution in [0, 0.1) is 11.3 Å². The molecule has 7 nitrogen and oxygen atoms in total. The lowest BCUT2D eigenvalue weighted by atomic mass is 9.96. The minimum absolute atomic E-state index is 0.110. The van der Waals surface area contributed by atoms with Crippen molar-refractivity contribution in [2.75, 3.05) is 32.8 Å². The Morgan fingerprint density at radius 1 is 1.48 bits per heavy atom. The Hall–Kier alpha value is -0.700.